The van der Waals surface area contributed by atoms with Gasteiger partial charge in [0.25, 0.3) is 0 Å². The first-order valence-corrected chi connectivity index (χ1v) is 13.4. The quantitative estimate of drug-likeness (QED) is 0.355. The zero-order valence-corrected chi connectivity index (χ0v) is 23.6. The van der Waals surface area contributed by atoms with Gasteiger partial charge < -0.3 is 26.0 Å². The van der Waals surface area contributed by atoms with Crippen molar-refractivity contribution in [3.63, 3.8) is 0 Å². The summed E-state index contributed by atoms with van der Waals surface area (Å²) in [6, 6.07) is 5.02. The number of nitrogens with zero attached hydrogens (tertiary/aromatic N) is 1. The van der Waals surface area contributed by atoms with E-state index in [1.807, 2.05) is 45.0 Å². The van der Waals surface area contributed by atoms with E-state index in [0.29, 0.717) is 5.56 Å². The molecule has 0 aliphatic heterocycles. The van der Waals surface area contributed by atoms with Gasteiger partial charge >= 0.3 is 6.09 Å². The summed E-state index contributed by atoms with van der Waals surface area (Å²) in [6.45, 7) is 15.0. The molecule has 0 bridgehead atoms. The van der Waals surface area contributed by atoms with Crippen LogP contribution < -0.4 is 16.4 Å². The summed E-state index contributed by atoms with van der Waals surface area (Å²) in [5.41, 5.74) is 6.05. The molecule has 1 fully saturated rings. The van der Waals surface area contributed by atoms with Crippen molar-refractivity contribution in [2.45, 2.75) is 103 Å². The van der Waals surface area contributed by atoms with E-state index in [4.69, 9.17) is 10.5 Å². The van der Waals surface area contributed by atoms with Crippen LogP contribution in [0, 0.1) is 5.92 Å². The number of rotatable bonds is 13. The lowest BCUT2D eigenvalue weighted by atomic mass is 9.98. The van der Waals surface area contributed by atoms with Crippen LogP contribution in [0.2, 0.25) is 0 Å². The van der Waals surface area contributed by atoms with Crippen molar-refractivity contribution in [2.75, 3.05) is 0 Å². The van der Waals surface area contributed by atoms with Crippen molar-refractivity contribution in [1.82, 2.24) is 15.5 Å². The number of hydrogen-bond acceptors (Lipinski definition) is 5. The fraction of sp³-hybridized carbons (Fsp3) is 0.586. The third-order valence-electron chi connectivity index (χ3n) is 6.45. The Morgan fingerprint density at radius 2 is 1.87 bits per heavy atom. The average molecular weight is 529 g/mol. The van der Waals surface area contributed by atoms with E-state index in [0.717, 1.165) is 24.8 Å². The van der Waals surface area contributed by atoms with Crippen LogP contribution in [-0.4, -0.2) is 52.4 Å². The van der Waals surface area contributed by atoms with Gasteiger partial charge in [-0.3, -0.25) is 14.4 Å². The van der Waals surface area contributed by atoms with E-state index in [-0.39, 0.29) is 36.8 Å². The molecule has 1 aromatic rings. The normalized spacial score (nSPS) is 18.9. The second-order valence-electron chi connectivity index (χ2n) is 11.2. The molecule has 0 heterocycles. The number of alkyl carbamates (subject to hydrolysis) is 1. The first-order valence-electron chi connectivity index (χ1n) is 13.4. The summed E-state index contributed by atoms with van der Waals surface area (Å²) in [6.07, 6.45) is 3.18. The maximum absolute atomic E-state index is 14.2. The van der Waals surface area contributed by atoms with Crippen LogP contribution in [0.1, 0.15) is 90.8 Å². The van der Waals surface area contributed by atoms with Crippen molar-refractivity contribution in [3.8, 4) is 0 Å². The van der Waals surface area contributed by atoms with Crippen molar-refractivity contribution in [3.05, 3.63) is 42.0 Å². The molecule has 9 nitrogen and oxygen atoms in total. The molecule has 9 heteroatoms. The summed E-state index contributed by atoms with van der Waals surface area (Å²) in [5, 5.41) is 5.69. The monoisotopic (exact) mass is 528 g/mol. The predicted octanol–water partition coefficient (Wildman–Crippen LogP) is 4.07. The van der Waals surface area contributed by atoms with Crippen LogP contribution >= 0.6 is 0 Å². The van der Waals surface area contributed by atoms with E-state index >= 15 is 0 Å². The van der Waals surface area contributed by atoms with Gasteiger partial charge in [-0.05, 0) is 70.1 Å². The number of amides is 4. The Labute approximate surface area is 226 Å². The Hall–Kier alpha value is -3.36. The molecular formula is C29H44N4O5. The molecule has 210 valence electrons. The van der Waals surface area contributed by atoms with Gasteiger partial charge in [-0.15, -0.1) is 0 Å². The van der Waals surface area contributed by atoms with E-state index in [2.05, 4.69) is 17.2 Å². The van der Waals surface area contributed by atoms with Gasteiger partial charge in [-0.1, -0.05) is 51.1 Å². The summed E-state index contributed by atoms with van der Waals surface area (Å²) in [4.78, 5) is 53.8. The Morgan fingerprint density at radius 3 is 2.39 bits per heavy atom. The minimum Gasteiger partial charge on any atom is -0.444 e. The summed E-state index contributed by atoms with van der Waals surface area (Å²) >= 11 is 0. The number of benzene rings is 1. The highest BCUT2D eigenvalue weighted by Crippen LogP contribution is 2.41. The Bertz CT molecular complexity index is 1020. The highest BCUT2D eigenvalue weighted by molar-refractivity contribution is 5.93. The number of carbonyl (C=O) groups excluding carboxylic acids is 4. The van der Waals surface area contributed by atoms with Gasteiger partial charge in [0.05, 0.1) is 0 Å². The molecule has 38 heavy (non-hydrogen) atoms. The Kier molecular flexibility index (Phi) is 10.9. The number of nitrogens with one attached hydrogen (secondary N) is 2. The van der Waals surface area contributed by atoms with E-state index < -0.39 is 35.6 Å². The molecular weight excluding hydrogens is 484 g/mol. The maximum Gasteiger partial charge on any atom is 0.408 e. The van der Waals surface area contributed by atoms with E-state index in [1.165, 1.54) is 0 Å². The van der Waals surface area contributed by atoms with Gasteiger partial charge in [-0.2, -0.15) is 0 Å². The van der Waals surface area contributed by atoms with Gasteiger partial charge in [0.1, 0.15) is 17.7 Å². The molecule has 1 aliphatic rings. The van der Waals surface area contributed by atoms with Gasteiger partial charge in [0, 0.05) is 18.5 Å². The lowest BCUT2D eigenvalue weighted by Gasteiger charge is -2.35. The van der Waals surface area contributed by atoms with E-state index in [9.17, 15) is 19.2 Å². The zero-order valence-electron chi connectivity index (χ0n) is 23.6. The van der Waals surface area contributed by atoms with Crippen LogP contribution in [0.15, 0.2) is 30.8 Å². The smallest absolute Gasteiger partial charge is 0.408 e. The fourth-order valence-corrected chi connectivity index (χ4v) is 4.47. The first-order chi connectivity index (χ1) is 17.8. The van der Waals surface area contributed by atoms with Gasteiger partial charge in [-0.25, -0.2) is 4.79 Å². The molecule has 4 N–H and O–H groups in total. The highest BCUT2D eigenvalue weighted by Gasteiger charge is 2.48. The molecule has 1 aromatic carbocycles. The number of primary amides is 1. The molecule has 4 amide bonds. The number of nitrogens with two attached hydrogens (primary N) is 1. The lowest BCUT2D eigenvalue weighted by molar-refractivity contribution is -0.144. The van der Waals surface area contributed by atoms with Crippen molar-refractivity contribution in [2.24, 2.45) is 11.7 Å². The number of ether oxygens (including phenoxy) is 1. The first kappa shape index (κ1) is 30.9. The summed E-state index contributed by atoms with van der Waals surface area (Å²) < 4.78 is 5.38. The zero-order chi connectivity index (χ0) is 28.6. The highest BCUT2D eigenvalue weighted by atomic mass is 16.6. The molecule has 2 rings (SSSR count). The fourth-order valence-electron chi connectivity index (χ4n) is 4.47. The Balaban J connectivity index is 2.53. The van der Waals surface area contributed by atoms with Gasteiger partial charge in [0.15, 0.2) is 0 Å². The Morgan fingerprint density at radius 1 is 1.21 bits per heavy atom. The van der Waals surface area contributed by atoms with Crippen molar-refractivity contribution in [1.29, 1.82) is 0 Å². The third kappa shape index (κ3) is 9.19. The maximum atomic E-state index is 14.2. The molecule has 0 aromatic heterocycles. The predicted molar refractivity (Wildman–Crippen MR) is 148 cm³/mol. The molecule has 0 saturated heterocycles. The SMILES string of the molecule is C=Cc1cccc(C(C(=O)NC(C)CCC)N(C(=O)C(CCC(N)=O)NC(=O)OC(C)(C)C)C2CC2C)c1. The van der Waals surface area contributed by atoms with Crippen LogP contribution in [-0.2, 0) is 19.1 Å². The van der Waals surface area contributed by atoms with E-state index in [1.54, 1.807) is 31.7 Å². The standard InChI is InChI=1S/C29H44N4O5/c1-8-11-19(4)31-26(35)25(21-13-10-12-20(9-2)17-21)33(23-16-18(23)3)27(36)22(14-15-24(30)34)32-28(37)38-29(5,6)7/h9-10,12-13,17-19,22-23,25H,2,8,11,14-16H2,1,3-7H3,(H2,30,34)(H,31,35)(H,32,37). The molecule has 0 radical (unpaired) electrons. The molecule has 5 atom stereocenters. The van der Waals surface area contributed by atoms with Crippen LogP contribution in [0.25, 0.3) is 6.08 Å². The van der Waals surface area contributed by atoms with Crippen LogP contribution in [0.5, 0.6) is 0 Å². The third-order valence-corrected chi connectivity index (χ3v) is 6.45. The average Bonchev–Trinajstić information content (AvgIpc) is 3.53. The summed E-state index contributed by atoms with van der Waals surface area (Å²) in [7, 11) is 0. The number of carbonyl (C=O) groups is 4. The second-order valence-corrected chi connectivity index (χ2v) is 11.2. The largest absolute Gasteiger partial charge is 0.444 e. The van der Waals surface area contributed by atoms with Crippen molar-refractivity contribution < 1.29 is 23.9 Å². The summed E-state index contributed by atoms with van der Waals surface area (Å²) in [5.74, 6) is -1.19. The minimum absolute atomic E-state index is 0.0156. The number of hydrogen-bond donors (Lipinski definition) is 3. The molecule has 0 spiro atoms. The lowest BCUT2D eigenvalue weighted by Crippen LogP contribution is -2.54. The molecule has 1 saturated carbocycles. The van der Waals surface area contributed by atoms with Crippen LogP contribution in [0.4, 0.5) is 4.79 Å². The molecule has 1 aliphatic carbocycles. The topological polar surface area (TPSA) is 131 Å². The van der Waals surface area contributed by atoms with Crippen molar-refractivity contribution >= 4 is 29.9 Å². The van der Waals surface area contributed by atoms with Gasteiger partial charge in [0.2, 0.25) is 17.7 Å². The second kappa shape index (κ2) is 13.4. The minimum atomic E-state index is -1.10. The van der Waals surface area contributed by atoms with Crippen LogP contribution in [0.3, 0.4) is 0 Å². The molecule has 5 unspecified atom stereocenters.